The highest BCUT2D eigenvalue weighted by Gasteiger charge is 2.36. The fourth-order valence-corrected chi connectivity index (χ4v) is 3.75. The number of hydrogen-bond acceptors (Lipinski definition) is 5. The molecule has 4 rings (SSSR count). The van der Waals surface area contributed by atoms with Crippen LogP contribution in [-0.2, 0) is 16.1 Å². The molecule has 1 aromatic heterocycles. The average molecular weight is 358 g/mol. The molecule has 2 aromatic rings. The van der Waals surface area contributed by atoms with E-state index in [4.69, 9.17) is 4.42 Å². The van der Waals surface area contributed by atoms with E-state index in [1.165, 1.54) is 4.57 Å². The van der Waals surface area contributed by atoms with Crippen molar-refractivity contribution in [3.63, 3.8) is 0 Å². The summed E-state index contributed by atoms with van der Waals surface area (Å²) in [4.78, 5) is 40.6. The SMILES string of the molecule is Cc1ccc2oc(=O)n(CCC(=O)N3CCN4CCNC(=O)C4C3)c2c1. The van der Waals surface area contributed by atoms with Gasteiger partial charge in [0.15, 0.2) is 5.58 Å². The van der Waals surface area contributed by atoms with Crippen LogP contribution in [0.15, 0.2) is 27.4 Å². The molecule has 0 bridgehead atoms. The number of nitrogens with one attached hydrogen (secondary N) is 1. The zero-order valence-corrected chi connectivity index (χ0v) is 14.7. The van der Waals surface area contributed by atoms with Gasteiger partial charge in [-0.2, -0.15) is 0 Å². The zero-order chi connectivity index (χ0) is 18.3. The maximum absolute atomic E-state index is 12.6. The van der Waals surface area contributed by atoms with Crippen molar-refractivity contribution in [2.75, 3.05) is 32.7 Å². The van der Waals surface area contributed by atoms with Crippen LogP contribution in [0.5, 0.6) is 0 Å². The summed E-state index contributed by atoms with van der Waals surface area (Å²) in [5.41, 5.74) is 2.26. The number of carbonyl (C=O) groups excluding carboxylic acids is 2. The van der Waals surface area contributed by atoms with Crippen LogP contribution in [0.4, 0.5) is 0 Å². The van der Waals surface area contributed by atoms with Gasteiger partial charge in [0, 0.05) is 45.7 Å². The lowest BCUT2D eigenvalue weighted by Crippen LogP contribution is -2.64. The van der Waals surface area contributed by atoms with Crippen LogP contribution in [0.3, 0.4) is 0 Å². The average Bonchev–Trinajstić information content (AvgIpc) is 2.94. The molecule has 3 heterocycles. The van der Waals surface area contributed by atoms with E-state index in [0.29, 0.717) is 37.3 Å². The molecule has 0 radical (unpaired) electrons. The molecule has 8 heteroatoms. The lowest BCUT2D eigenvalue weighted by atomic mass is 10.1. The van der Waals surface area contributed by atoms with E-state index in [-0.39, 0.29) is 30.8 Å². The first kappa shape index (κ1) is 16.8. The summed E-state index contributed by atoms with van der Waals surface area (Å²) in [7, 11) is 0. The minimum absolute atomic E-state index is 0.0127. The normalized spacial score (nSPS) is 20.9. The van der Waals surface area contributed by atoms with Crippen LogP contribution >= 0.6 is 0 Å². The summed E-state index contributed by atoms with van der Waals surface area (Å²) >= 11 is 0. The van der Waals surface area contributed by atoms with Gasteiger partial charge < -0.3 is 14.6 Å². The first-order valence-corrected chi connectivity index (χ1v) is 8.92. The highest BCUT2D eigenvalue weighted by Crippen LogP contribution is 2.16. The van der Waals surface area contributed by atoms with Crippen LogP contribution in [-0.4, -0.2) is 64.9 Å². The second-order valence-electron chi connectivity index (χ2n) is 6.92. The van der Waals surface area contributed by atoms with Crippen molar-refractivity contribution in [3.8, 4) is 0 Å². The molecule has 2 fully saturated rings. The summed E-state index contributed by atoms with van der Waals surface area (Å²) in [6, 6.07) is 5.28. The Kier molecular flexibility index (Phi) is 4.28. The van der Waals surface area contributed by atoms with Gasteiger partial charge >= 0.3 is 5.76 Å². The molecule has 2 aliphatic rings. The number of oxazole rings is 1. The second-order valence-corrected chi connectivity index (χ2v) is 6.92. The molecular weight excluding hydrogens is 336 g/mol. The minimum atomic E-state index is -0.449. The molecule has 8 nitrogen and oxygen atoms in total. The topological polar surface area (TPSA) is 87.8 Å². The number of piperazine rings is 2. The monoisotopic (exact) mass is 358 g/mol. The maximum Gasteiger partial charge on any atom is 0.419 e. The number of nitrogens with zero attached hydrogens (tertiary/aromatic N) is 3. The van der Waals surface area contributed by atoms with Crippen molar-refractivity contribution in [1.29, 1.82) is 0 Å². The third kappa shape index (κ3) is 3.01. The Bertz CT molecular complexity index is 916. The quantitative estimate of drug-likeness (QED) is 0.830. The van der Waals surface area contributed by atoms with E-state index in [0.717, 1.165) is 12.1 Å². The molecule has 2 saturated heterocycles. The molecule has 1 atom stereocenters. The number of aryl methyl sites for hydroxylation is 2. The van der Waals surface area contributed by atoms with Gasteiger partial charge in [0.25, 0.3) is 0 Å². The Morgan fingerprint density at radius 3 is 2.96 bits per heavy atom. The fourth-order valence-electron chi connectivity index (χ4n) is 3.75. The number of rotatable bonds is 3. The maximum atomic E-state index is 12.6. The molecular formula is C18H22N4O4. The van der Waals surface area contributed by atoms with Gasteiger partial charge in [-0.1, -0.05) is 6.07 Å². The first-order chi connectivity index (χ1) is 12.5. The number of fused-ring (bicyclic) bond motifs is 2. The largest absolute Gasteiger partial charge is 0.419 e. The number of aromatic nitrogens is 1. The lowest BCUT2D eigenvalue weighted by Gasteiger charge is -2.43. The van der Waals surface area contributed by atoms with E-state index >= 15 is 0 Å². The lowest BCUT2D eigenvalue weighted by molar-refractivity contribution is -0.140. The van der Waals surface area contributed by atoms with Crippen molar-refractivity contribution in [1.82, 2.24) is 19.7 Å². The van der Waals surface area contributed by atoms with Crippen LogP contribution in [0.25, 0.3) is 11.1 Å². The van der Waals surface area contributed by atoms with Gasteiger partial charge in [-0.3, -0.25) is 19.1 Å². The summed E-state index contributed by atoms with van der Waals surface area (Å²) < 4.78 is 6.74. The fraction of sp³-hybridized carbons (Fsp3) is 0.500. The molecule has 138 valence electrons. The van der Waals surface area contributed by atoms with Crippen molar-refractivity contribution in [2.45, 2.75) is 25.9 Å². The van der Waals surface area contributed by atoms with Gasteiger partial charge in [-0.05, 0) is 24.6 Å². The van der Waals surface area contributed by atoms with E-state index in [9.17, 15) is 14.4 Å². The van der Waals surface area contributed by atoms with Crippen LogP contribution in [0, 0.1) is 6.92 Å². The highest BCUT2D eigenvalue weighted by atomic mass is 16.4. The molecule has 0 saturated carbocycles. The number of benzene rings is 1. The number of carbonyl (C=O) groups is 2. The smallest absolute Gasteiger partial charge is 0.408 e. The zero-order valence-electron chi connectivity index (χ0n) is 14.7. The predicted octanol–water partition coefficient (Wildman–Crippen LogP) is -0.0644. The first-order valence-electron chi connectivity index (χ1n) is 8.92. The van der Waals surface area contributed by atoms with Crippen LogP contribution in [0.1, 0.15) is 12.0 Å². The summed E-state index contributed by atoms with van der Waals surface area (Å²) in [5, 5.41) is 2.85. The van der Waals surface area contributed by atoms with Gasteiger partial charge in [0.1, 0.15) is 6.04 Å². The third-order valence-electron chi connectivity index (χ3n) is 5.22. The predicted molar refractivity (Wildman–Crippen MR) is 94.8 cm³/mol. The Morgan fingerprint density at radius 1 is 1.27 bits per heavy atom. The second kappa shape index (κ2) is 6.60. The molecule has 0 aliphatic carbocycles. The molecule has 0 spiro atoms. The van der Waals surface area contributed by atoms with E-state index in [1.54, 1.807) is 11.0 Å². The van der Waals surface area contributed by atoms with Gasteiger partial charge in [0.2, 0.25) is 11.8 Å². The third-order valence-corrected chi connectivity index (χ3v) is 5.22. The summed E-state index contributed by atoms with van der Waals surface area (Å²) in [6.45, 7) is 5.44. The van der Waals surface area contributed by atoms with Crippen molar-refractivity contribution in [2.24, 2.45) is 0 Å². The molecule has 1 aromatic carbocycles. The standard InChI is InChI=1S/C18H22N4O4/c1-12-2-3-15-13(10-12)22(18(25)26-15)6-4-16(23)21-9-8-20-7-5-19-17(24)14(20)11-21/h2-3,10,14H,4-9,11H2,1H3,(H,19,24). The molecule has 1 N–H and O–H groups in total. The number of amides is 2. The molecule has 1 unspecified atom stereocenters. The highest BCUT2D eigenvalue weighted by molar-refractivity contribution is 5.84. The number of hydrogen-bond donors (Lipinski definition) is 1. The Morgan fingerprint density at radius 2 is 2.12 bits per heavy atom. The van der Waals surface area contributed by atoms with Gasteiger partial charge in [-0.15, -0.1) is 0 Å². The van der Waals surface area contributed by atoms with Crippen LogP contribution < -0.4 is 11.1 Å². The van der Waals surface area contributed by atoms with Crippen molar-refractivity contribution < 1.29 is 14.0 Å². The van der Waals surface area contributed by atoms with Crippen molar-refractivity contribution >= 4 is 22.9 Å². The van der Waals surface area contributed by atoms with E-state index in [1.807, 2.05) is 19.1 Å². The minimum Gasteiger partial charge on any atom is -0.408 e. The Hall–Kier alpha value is -2.61. The Balaban J connectivity index is 1.44. The summed E-state index contributed by atoms with van der Waals surface area (Å²) in [6.07, 6.45) is 0.205. The summed E-state index contributed by atoms with van der Waals surface area (Å²) in [5.74, 6) is -0.506. The van der Waals surface area contributed by atoms with Crippen LogP contribution in [0.2, 0.25) is 0 Å². The van der Waals surface area contributed by atoms with E-state index in [2.05, 4.69) is 10.2 Å². The Labute approximate surface area is 150 Å². The van der Waals surface area contributed by atoms with Crippen molar-refractivity contribution in [3.05, 3.63) is 34.3 Å². The molecule has 2 amide bonds. The molecule has 2 aliphatic heterocycles. The van der Waals surface area contributed by atoms with Gasteiger partial charge in [0.05, 0.1) is 5.52 Å². The molecule has 26 heavy (non-hydrogen) atoms. The van der Waals surface area contributed by atoms with E-state index < -0.39 is 5.76 Å². The van der Waals surface area contributed by atoms with Gasteiger partial charge in [-0.25, -0.2) is 4.79 Å².